The quantitative estimate of drug-likeness (QED) is 0.638. The van der Waals surface area contributed by atoms with Crippen molar-refractivity contribution in [1.82, 2.24) is 0 Å². The number of hydrogen-bond acceptors (Lipinski definition) is 2. The van der Waals surface area contributed by atoms with Crippen molar-refractivity contribution in [3.63, 3.8) is 0 Å². The summed E-state index contributed by atoms with van der Waals surface area (Å²) in [5.74, 6) is 0. The summed E-state index contributed by atoms with van der Waals surface area (Å²) in [7, 11) is 0. The van der Waals surface area contributed by atoms with Gasteiger partial charge in [0.25, 0.3) is 5.69 Å². The van der Waals surface area contributed by atoms with Crippen LogP contribution in [-0.2, 0) is 0 Å². The monoisotopic (exact) mass is 232 g/mol. The van der Waals surface area contributed by atoms with Crippen molar-refractivity contribution in [3.05, 3.63) is 40.3 Å². The number of aliphatic hydroxyl groups excluding tert-OH is 1. The number of nitrogens with zero attached hydrogens (tertiary/aromatic N) is 1. The van der Waals surface area contributed by atoms with E-state index in [4.69, 9.17) is 0 Å². The molecule has 1 unspecified atom stereocenters. The maximum absolute atomic E-state index is 11.9. The lowest BCUT2D eigenvalue weighted by Gasteiger charge is -2.14. The molecule has 0 spiro atoms. The SMILES string of the molecule is CCCCCC1=Cc2ccccc2[N+](=O)C1O. The van der Waals surface area contributed by atoms with Crippen LogP contribution < -0.4 is 0 Å². The first kappa shape index (κ1) is 12.0. The normalized spacial score (nSPS) is 18.8. The fourth-order valence-corrected chi connectivity index (χ4v) is 2.15. The molecule has 0 amide bonds. The minimum absolute atomic E-state index is 0.555. The van der Waals surface area contributed by atoms with Gasteiger partial charge >= 0.3 is 6.23 Å². The Morgan fingerprint density at radius 2 is 2.06 bits per heavy atom. The maximum atomic E-state index is 11.9. The summed E-state index contributed by atoms with van der Waals surface area (Å²) in [6.45, 7) is 2.14. The van der Waals surface area contributed by atoms with Crippen LogP contribution in [-0.4, -0.2) is 16.1 Å². The Bertz CT molecular complexity index is 451. The number of nitroso groups, excluding NO2 is 1. The van der Waals surface area contributed by atoms with Gasteiger partial charge in [0.05, 0.1) is 10.3 Å². The first-order valence-electron chi connectivity index (χ1n) is 6.18. The van der Waals surface area contributed by atoms with Crippen molar-refractivity contribution >= 4 is 11.8 Å². The Hall–Kier alpha value is -1.48. The van der Waals surface area contributed by atoms with E-state index in [0.717, 1.165) is 36.8 Å². The highest BCUT2D eigenvalue weighted by atomic mass is 16.4. The van der Waals surface area contributed by atoms with E-state index in [-0.39, 0.29) is 0 Å². The average molecular weight is 232 g/mol. The van der Waals surface area contributed by atoms with Gasteiger partial charge in [0.2, 0.25) is 0 Å². The topological polar surface area (TPSA) is 40.3 Å². The first-order valence-corrected chi connectivity index (χ1v) is 6.18. The van der Waals surface area contributed by atoms with Crippen molar-refractivity contribution < 1.29 is 9.87 Å². The number of fused-ring (bicyclic) bond motifs is 1. The third-order valence-electron chi connectivity index (χ3n) is 3.14. The lowest BCUT2D eigenvalue weighted by atomic mass is 9.98. The third kappa shape index (κ3) is 2.44. The Labute approximate surface area is 101 Å². The second-order valence-electron chi connectivity index (χ2n) is 4.43. The largest absolute Gasteiger partial charge is 0.332 e. The van der Waals surface area contributed by atoms with Crippen LogP contribution in [0, 0.1) is 4.91 Å². The van der Waals surface area contributed by atoms with Crippen molar-refractivity contribution in [2.75, 3.05) is 0 Å². The highest BCUT2D eigenvalue weighted by molar-refractivity contribution is 5.65. The number of benzene rings is 1. The van der Waals surface area contributed by atoms with E-state index in [2.05, 4.69) is 6.92 Å². The fourth-order valence-electron chi connectivity index (χ4n) is 2.15. The summed E-state index contributed by atoms with van der Waals surface area (Å²) < 4.78 is 0.705. The van der Waals surface area contributed by atoms with Gasteiger partial charge < -0.3 is 5.11 Å². The van der Waals surface area contributed by atoms with Crippen molar-refractivity contribution in [2.24, 2.45) is 0 Å². The molecule has 0 bridgehead atoms. The Morgan fingerprint density at radius 3 is 2.82 bits per heavy atom. The molecule has 1 N–H and O–H groups in total. The molecule has 1 aromatic carbocycles. The van der Waals surface area contributed by atoms with Crippen LogP contribution in [0.4, 0.5) is 5.69 Å². The van der Waals surface area contributed by atoms with E-state index >= 15 is 0 Å². The highest BCUT2D eigenvalue weighted by Crippen LogP contribution is 2.31. The molecule has 0 fully saturated rings. The van der Waals surface area contributed by atoms with Crippen LogP contribution in [0.15, 0.2) is 29.8 Å². The standard InChI is InChI=1S/C14H18NO2/c1-2-3-4-8-12-10-11-7-5-6-9-13(11)15(17)14(12)16/h5-7,9-10,14,16H,2-4,8H2,1H3/q+1. The predicted molar refractivity (Wildman–Crippen MR) is 67.9 cm³/mol. The number of rotatable bonds is 4. The first-order chi connectivity index (χ1) is 8.24. The molecule has 90 valence electrons. The van der Waals surface area contributed by atoms with Crippen molar-refractivity contribution in [3.8, 4) is 0 Å². The Morgan fingerprint density at radius 1 is 1.29 bits per heavy atom. The molecule has 2 rings (SSSR count). The molecule has 1 aliphatic heterocycles. The lowest BCUT2D eigenvalue weighted by Crippen LogP contribution is -2.25. The van der Waals surface area contributed by atoms with Gasteiger partial charge in [-0.3, -0.25) is 0 Å². The number of aliphatic hydroxyl groups is 1. The zero-order valence-corrected chi connectivity index (χ0v) is 10.1. The molecular weight excluding hydrogens is 214 g/mol. The molecule has 0 saturated carbocycles. The van der Waals surface area contributed by atoms with Crippen LogP contribution in [0.3, 0.4) is 0 Å². The number of hydrogen-bond donors (Lipinski definition) is 1. The molecule has 1 heterocycles. The molecule has 3 nitrogen and oxygen atoms in total. The molecule has 1 aromatic rings. The summed E-state index contributed by atoms with van der Waals surface area (Å²) in [6.07, 6.45) is 5.02. The average Bonchev–Trinajstić information content (AvgIpc) is 2.35. The molecule has 0 aromatic heterocycles. The number of unbranched alkanes of at least 4 members (excludes halogenated alkanes) is 2. The van der Waals surface area contributed by atoms with Crippen LogP contribution >= 0.6 is 0 Å². The van der Waals surface area contributed by atoms with E-state index in [1.165, 1.54) is 0 Å². The van der Waals surface area contributed by atoms with E-state index in [1.54, 1.807) is 6.07 Å². The van der Waals surface area contributed by atoms with Crippen molar-refractivity contribution in [2.45, 2.75) is 38.8 Å². The van der Waals surface area contributed by atoms with Crippen LogP contribution in [0.1, 0.15) is 38.2 Å². The molecule has 3 heteroatoms. The Balaban J connectivity index is 2.23. The van der Waals surface area contributed by atoms with Crippen molar-refractivity contribution in [1.29, 1.82) is 0 Å². The van der Waals surface area contributed by atoms with Crippen LogP contribution in [0.5, 0.6) is 0 Å². The van der Waals surface area contributed by atoms with Gasteiger partial charge in [0.15, 0.2) is 0 Å². The fraction of sp³-hybridized carbons (Fsp3) is 0.429. The summed E-state index contributed by atoms with van der Waals surface area (Å²) in [5.41, 5.74) is 2.28. The van der Waals surface area contributed by atoms with Gasteiger partial charge in [-0.25, -0.2) is 0 Å². The summed E-state index contributed by atoms with van der Waals surface area (Å²) in [5, 5.41) is 9.93. The van der Waals surface area contributed by atoms with Gasteiger partial charge in [-0.05, 0) is 25.0 Å². The van der Waals surface area contributed by atoms with E-state index in [0.29, 0.717) is 10.4 Å². The maximum Gasteiger partial charge on any atom is 0.332 e. The predicted octanol–water partition coefficient (Wildman–Crippen LogP) is 3.39. The van der Waals surface area contributed by atoms with Gasteiger partial charge in [0, 0.05) is 16.5 Å². The van der Waals surface area contributed by atoms with Crippen LogP contribution in [0.25, 0.3) is 6.08 Å². The van der Waals surface area contributed by atoms with Crippen LogP contribution in [0.2, 0.25) is 0 Å². The van der Waals surface area contributed by atoms with E-state index < -0.39 is 6.23 Å². The molecule has 1 atom stereocenters. The number of para-hydroxylation sites is 1. The van der Waals surface area contributed by atoms with E-state index in [9.17, 15) is 10.0 Å². The Kier molecular flexibility index (Phi) is 3.69. The highest BCUT2D eigenvalue weighted by Gasteiger charge is 2.34. The molecule has 1 aliphatic rings. The molecular formula is C14H18NO2+. The summed E-state index contributed by atoms with van der Waals surface area (Å²) in [6, 6.07) is 7.37. The third-order valence-corrected chi connectivity index (χ3v) is 3.14. The van der Waals surface area contributed by atoms with Gasteiger partial charge in [-0.1, -0.05) is 31.9 Å². The molecule has 0 saturated heterocycles. The zero-order chi connectivity index (χ0) is 12.3. The van der Waals surface area contributed by atoms with E-state index in [1.807, 2.05) is 24.3 Å². The van der Waals surface area contributed by atoms with Gasteiger partial charge in [-0.15, -0.1) is 0 Å². The molecule has 0 radical (unpaired) electrons. The minimum atomic E-state index is -1.01. The lowest BCUT2D eigenvalue weighted by molar-refractivity contribution is -0.545. The second kappa shape index (κ2) is 5.23. The molecule has 17 heavy (non-hydrogen) atoms. The summed E-state index contributed by atoms with van der Waals surface area (Å²) >= 11 is 0. The second-order valence-corrected chi connectivity index (χ2v) is 4.43. The summed E-state index contributed by atoms with van der Waals surface area (Å²) in [4.78, 5) is 11.9. The zero-order valence-electron chi connectivity index (χ0n) is 10.1. The molecule has 0 aliphatic carbocycles. The van der Waals surface area contributed by atoms with Gasteiger partial charge in [-0.2, -0.15) is 0 Å². The smallest absolute Gasteiger partial charge is 0.330 e. The minimum Gasteiger partial charge on any atom is -0.330 e. The van der Waals surface area contributed by atoms with Gasteiger partial charge in [0.1, 0.15) is 0 Å².